The fourth-order valence-electron chi connectivity index (χ4n) is 3.20. The minimum absolute atomic E-state index is 0.737. The maximum absolute atomic E-state index is 6.06. The summed E-state index contributed by atoms with van der Waals surface area (Å²) in [4.78, 5) is 4.88. The van der Waals surface area contributed by atoms with Crippen molar-refractivity contribution in [1.82, 2.24) is 9.55 Å². The van der Waals surface area contributed by atoms with Crippen LogP contribution in [0.4, 0.5) is 0 Å². The molecule has 0 atom stereocenters. The average Bonchev–Trinajstić information content (AvgIpc) is 2.97. The summed E-state index contributed by atoms with van der Waals surface area (Å²) in [6, 6.07) is 22.8. The van der Waals surface area contributed by atoms with Crippen LogP contribution in [-0.2, 0) is 6.54 Å². The van der Waals surface area contributed by atoms with E-state index in [0.717, 1.165) is 34.0 Å². The van der Waals surface area contributed by atoms with Gasteiger partial charge in [-0.2, -0.15) is 0 Å². The summed E-state index contributed by atoms with van der Waals surface area (Å²) >= 11 is 6.06. The first kappa shape index (κ1) is 15.9. The number of aromatic nitrogens is 2. The van der Waals surface area contributed by atoms with E-state index in [1.54, 1.807) is 0 Å². The molecule has 0 unspecified atom stereocenters. The third kappa shape index (κ3) is 3.06. The van der Waals surface area contributed by atoms with Crippen LogP contribution in [-0.4, -0.2) is 9.55 Å². The lowest BCUT2D eigenvalue weighted by Crippen LogP contribution is -2.04. The van der Waals surface area contributed by atoms with Crippen LogP contribution in [0.3, 0.4) is 0 Å². The Morgan fingerprint density at radius 1 is 0.920 bits per heavy atom. The standard InChI is InChI=1S/C22H19ClN2/c1-15-7-8-16(2)18(13-15)14-25-21-6-4-3-5-20(21)24-22(25)17-9-11-19(23)12-10-17/h3-13H,14H2,1-2H3. The van der Waals surface area contributed by atoms with E-state index < -0.39 is 0 Å². The number of benzene rings is 3. The molecule has 0 saturated heterocycles. The van der Waals surface area contributed by atoms with E-state index in [-0.39, 0.29) is 0 Å². The fraction of sp³-hybridized carbons (Fsp3) is 0.136. The van der Waals surface area contributed by atoms with Gasteiger partial charge in [-0.3, -0.25) is 0 Å². The van der Waals surface area contributed by atoms with Crippen LogP contribution < -0.4 is 0 Å². The lowest BCUT2D eigenvalue weighted by molar-refractivity contribution is 0.827. The Morgan fingerprint density at radius 2 is 1.68 bits per heavy atom. The summed E-state index contributed by atoms with van der Waals surface area (Å²) in [5.74, 6) is 0.971. The highest BCUT2D eigenvalue weighted by molar-refractivity contribution is 6.30. The Morgan fingerprint density at radius 3 is 2.48 bits per heavy atom. The average molecular weight is 347 g/mol. The van der Waals surface area contributed by atoms with E-state index in [0.29, 0.717) is 0 Å². The molecule has 2 nitrogen and oxygen atoms in total. The fourth-order valence-corrected chi connectivity index (χ4v) is 3.32. The molecule has 25 heavy (non-hydrogen) atoms. The van der Waals surface area contributed by atoms with Crippen molar-refractivity contribution in [2.45, 2.75) is 20.4 Å². The highest BCUT2D eigenvalue weighted by atomic mass is 35.5. The van der Waals surface area contributed by atoms with Gasteiger partial charge in [-0.1, -0.05) is 47.5 Å². The molecule has 0 aliphatic rings. The second-order valence-corrected chi connectivity index (χ2v) is 6.88. The summed E-state index contributed by atoms with van der Waals surface area (Å²) < 4.78 is 2.29. The zero-order valence-corrected chi connectivity index (χ0v) is 15.1. The number of nitrogens with zero attached hydrogens (tertiary/aromatic N) is 2. The lowest BCUT2D eigenvalue weighted by Gasteiger charge is -2.12. The molecular weight excluding hydrogens is 328 g/mol. The molecule has 4 rings (SSSR count). The van der Waals surface area contributed by atoms with Crippen LogP contribution >= 0.6 is 11.6 Å². The molecule has 0 N–H and O–H groups in total. The molecule has 0 amide bonds. The topological polar surface area (TPSA) is 17.8 Å². The van der Waals surface area contributed by atoms with Gasteiger partial charge in [-0.25, -0.2) is 4.98 Å². The summed E-state index contributed by atoms with van der Waals surface area (Å²) in [7, 11) is 0. The van der Waals surface area contributed by atoms with Gasteiger partial charge in [0, 0.05) is 17.1 Å². The second-order valence-electron chi connectivity index (χ2n) is 6.45. The Balaban J connectivity index is 1.90. The number of imidazole rings is 1. The number of aryl methyl sites for hydroxylation is 2. The molecule has 0 radical (unpaired) electrons. The van der Waals surface area contributed by atoms with Gasteiger partial charge in [-0.15, -0.1) is 0 Å². The highest BCUT2D eigenvalue weighted by Crippen LogP contribution is 2.27. The number of hydrogen-bond acceptors (Lipinski definition) is 1. The van der Waals surface area contributed by atoms with Gasteiger partial charge < -0.3 is 4.57 Å². The molecule has 0 fully saturated rings. The van der Waals surface area contributed by atoms with Crippen molar-refractivity contribution < 1.29 is 0 Å². The SMILES string of the molecule is Cc1ccc(C)c(Cn2c(-c3ccc(Cl)cc3)nc3ccccc32)c1. The van der Waals surface area contributed by atoms with Crippen molar-refractivity contribution in [1.29, 1.82) is 0 Å². The number of fused-ring (bicyclic) bond motifs is 1. The number of rotatable bonds is 3. The number of para-hydroxylation sites is 2. The zero-order chi connectivity index (χ0) is 17.4. The molecule has 3 heteroatoms. The van der Waals surface area contributed by atoms with Gasteiger partial charge in [0.2, 0.25) is 0 Å². The Kier molecular flexibility index (Phi) is 4.06. The van der Waals surface area contributed by atoms with E-state index in [4.69, 9.17) is 16.6 Å². The smallest absolute Gasteiger partial charge is 0.141 e. The van der Waals surface area contributed by atoms with E-state index in [1.807, 2.05) is 30.3 Å². The molecule has 0 aliphatic carbocycles. The molecule has 3 aromatic carbocycles. The minimum Gasteiger partial charge on any atom is -0.319 e. The van der Waals surface area contributed by atoms with E-state index >= 15 is 0 Å². The maximum atomic E-state index is 6.06. The van der Waals surface area contributed by atoms with Crippen LogP contribution in [0.5, 0.6) is 0 Å². The molecule has 4 aromatic rings. The summed E-state index contributed by atoms with van der Waals surface area (Å²) in [6.07, 6.45) is 0. The minimum atomic E-state index is 0.737. The summed E-state index contributed by atoms with van der Waals surface area (Å²) in [5, 5.41) is 0.737. The molecule has 0 bridgehead atoms. The van der Waals surface area contributed by atoms with Gasteiger partial charge in [0.05, 0.1) is 11.0 Å². The summed E-state index contributed by atoms with van der Waals surface area (Å²) in [5.41, 5.74) is 7.12. The molecule has 1 aromatic heterocycles. The first-order valence-electron chi connectivity index (χ1n) is 8.39. The van der Waals surface area contributed by atoms with Crippen LogP contribution in [0.1, 0.15) is 16.7 Å². The van der Waals surface area contributed by atoms with Gasteiger partial charge in [-0.05, 0) is 61.4 Å². The molecule has 0 saturated carbocycles. The monoisotopic (exact) mass is 346 g/mol. The van der Waals surface area contributed by atoms with Crippen LogP contribution in [0.15, 0.2) is 66.7 Å². The Labute approximate surface area is 152 Å². The number of halogens is 1. The van der Waals surface area contributed by atoms with E-state index in [1.165, 1.54) is 16.7 Å². The first-order valence-corrected chi connectivity index (χ1v) is 8.77. The Hall–Kier alpha value is -2.58. The van der Waals surface area contributed by atoms with Gasteiger partial charge in [0.1, 0.15) is 5.82 Å². The van der Waals surface area contributed by atoms with Gasteiger partial charge in [0.15, 0.2) is 0 Å². The van der Waals surface area contributed by atoms with Crippen molar-refractivity contribution in [3.63, 3.8) is 0 Å². The molecular formula is C22H19ClN2. The highest BCUT2D eigenvalue weighted by Gasteiger charge is 2.13. The molecule has 124 valence electrons. The Bertz CT molecular complexity index is 1050. The van der Waals surface area contributed by atoms with Crippen LogP contribution in [0, 0.1) is 13.8 Å². The molecule has 0 aliphatic heterocycles. The number of hydrogen-bond donors (Lipinski definition) is 0. The normalized spacial score (nSPS) is 11.2. The van der Waals surface area contributed by atoms with Crippen molar-refractivity contribution in [3.05, 3.63) is 88.4 Å². The second kappa shape index (κ2) is 6.38. The lowest BCUT2D eigenvalue weighted by atomic mass is 10.1. The third-order valence-electron chi connectivity index (χ3n) is 4.59. The quantitative estimate of drug-likeness (QED) is 0.443. The van der Waals surface area contributed by atoms with E-state index in [2.05, 4.69) is 54.8 Å². The largest absolute Gasteiger partial charge is 0.319 e. The van der Waals surface area contributed by atoms with Gasteiger partial charge in [0.25, 0.3) is 0 Å². The van der Waals surface area contributed by atoms with Crippen LogP contribution in [0.25, 0.3) is 22.4 Å². The van der Waals surface area contributed by atoms with E-state index in [9.17, 15) is 0 Å². The van der Waals surface area contributed by atoms with Crippen molar-refractivity contribution in [3.8, 4) is 11.4 Å². The predicted octanol–water partition coefficient (Wildman–Crippen LogP) is 6.02. The first-order chi connectivity index (χ1) is 12.1. The van der Waals surface area contributed by atoms with Gasteiger partial charge >= 0.3 is 0 Å². The third-order valence-corrected chi connectivity index (χ3v) is 4.84. The summed E-state index contributed by atoms with van der Waals surface area (Å²) in [6.45, 7) is 5.09. The van der Waals surface area contributed by atoms with Crippen molar-refractivity contribution in [2.24, 2.45) is 0 Å². The maximum Gasteiger partial charge on any atom is 0.141 e. The molecule has 1 heterocycles. The zero-order valence-electron chi connectivity index (χ0n) is 14.3. The predicted molar refractivity (Wildman–Crippen MR) is 105 cm³/mol. The van der Waals surface area contributed by atoms with Crippen LogP contribution in [0.2, 0.25) is 5.02 Å². The van der Waals surface area contributed by atoms with Crippen molar-refractivity contribution in [2.75, 3.05) is 0 Å². The van der Waals surface area contributed by atoms with Crippen molar-refractivity contribution >= 4 is 22.6 Å². The molecule has 0 spiro atoms.